The van der Waals surface area contributed by atoms with Crippen molar-refractivity contribution in [2.75, 3.05) is 45.9 Å². The van der Waals surface area contributed by atoms with E-state index < -0.39 is 0 Å². The Morgan fingerprint density at radius 1 is 1.00 bits per heavy atom. The molecule has 5 nitrogen and oxygen atoms in total. The Kier molecular flexibility index (Phi) is 3.79. The third-order valence-electron chi connectivity index (χ3n) is 5.49. The number of amides is 2. The molecule has 118 valence electrons. The summed E-state index contributed by atoms with van der Waals surface area (Å²) in [5.74, 6) is 0.843. The largest absolute Gasteiger partial charge is 0.377 e. The lowest BCUT2D eigenvalue weighted by molar-refractivity contribution is 0.0512. The standard InChI is InChI=1S/C16H27N3O2/c20-16(17-5-1-2-6-17)19-8-7-18-11-15(9-14(18)10-19)21-12-13-3-4-13/h13-15H,1-12H2/t14-,15-/m0/s1. The van der Waals surface area contributed by atoms with E-state index in [1.54, 1.807) is 0 Å². The molecule has 2 amide bonds. The lowest BCUT2D eigenvalue weighted by Gasteiger charge is -2.38. The number of rotatable bonds is 3. The SMILES string of the molecule is O=C(N1CCCC1)N1CCN2C[C@@H](OCC3CC3)C[C@H]2C1. The van der Waals surface area contributed by atoms with E-state index in [-0.39, 0.29) is 6.03 Å². The van der Waals surface area contributed by atoms with Gasteiger partial charge in [-0.3, -0.25) is 4.90 Å². The topological polar surface area (TPSA) is 36.0 Å². The van der Waals surface area contributed by atoms with Crippen LogP contribution >= 0.6 is 0 Å². The van der Waals surface area contributed by atoms with Crippen LogP contribution in [0.1, 0.15) is 32.1 Å². The number of nitrogens with zero attached hydrogens (tertiary/aromatic N) is 3. The minimum absolute atomic E-state index is 0.273. The molecule has 3 saturated heterocycles. The van der Waals surface area contributed by atoms with Gasteiger partial charge >= 0.3 is 6.03 Å². The Labute approximate surface area is 127 Å². The van der Waals surface area contributed by atoms with E-state index in [2.05, 4.69) is 9.80 Å². The molecular formula is C16H27N3O2. The highest BCUT2D eigenvalue weighted by Crippen LogP contribution is 2.31. The molecule has 1 aliphatic carbocycles. The van der Waals surface area contributed by atoms with Crippen LogP contribution in [0.5, 0.6) is 0 Å². The molecule has 0 spiro atoms. The summed E-state index contributed by atoms with van der Waals surface area (Å²) < 4.78 is 6.06. The van der Waals surface area contributed by atoms with Gasteiger partial charge in [-0.15, -0.1) is 0 Å². The summed E-state index contributed by atoms with van der Waals surface area (Å²) in [7, 11) is 0. The summed E-state index contributed by atoms with van der Waals surface area (Å²) >= 11 is 0. The first-order chi connectivity index (χ1) is 10.3. The van der Waals surface area contributed by atoms with Crippen LogP contribution in [0.15, 0.2) is 0 Å². The number of hydrogen-bond donors (Lipinski definition) is 0. The van der Waals surface area contributed by atoms with Crippen LogP contribution in [0.3, 0.4) is 0 Å². The van der Waals surface area contributed by atoms with E-state index in [4.69, 9.17) is 4.74 Å². The van der Waals surface area contributed by atoms with Crippen molar-refractivity contribution >= 4 is 6.03 Å². The van der Waals surface area contributed by atoms with Crippen LogP contribution in [0, 0.1) is 5.92 Å². The molecule has 3 aliphatic heterocycles. The highest BCUT2D eigenvalue weighted by atomic mass is 16.5. The van der Waals surface area contributed by atoms with Crippen LogP contribution in [-0.4, -0.2) is 78.8 Å². The number of ether oxygens (including phenoxy) is 1. The second-order valence-corrected chi connectivity index (χ2v) is 7.21. The van der Waals surface area contributed by atoms with Crippen molar-refractivity contribution in [2.45, 2.75) is 44.2 Å². The van der Waals surface area contributed by atoms with Crippen molar-refractivity contribution in [1.29, 1.82) is 0 Å². The zero-order chi connectivity index (χ0) is 14.2. The lowest BCUT2D eigenvalue weighted by Crippen LogP contribution is -2.54. The molecule has 0 unspecified atom stereocenters. The molecule has 5 heteroatoms. The van der Waals surface area contributed by atoms with Gasteiger partial charge in [0.25, 0.3) is 0 Å². The molecule has 1 saturated carbocycles. The molecule has 21 heavy (non-hydrogen) atoms. The van der Waals surface area contributed by atoms with Crippen LogP contribution < -0.4 is 0 Å². The number of piperazine rings is 1. The van der Waals surface area contributed by atoms with E-state index in [0.29, 0.717) is 12.1 Å². The average molecular weight is 293 g/mol. The molecule has 0 aromatic rings. The maximum atomic E-state index is 12.5. The highest BCUT2D eigenvalue weighted by Gasteiger charge is 2.39. The average Bonchev–Trinajstić information content (AvgIpc) is 3.02. The normalized spacial score (nSPS) is 33.5. The number of hydrogen-bond acceptors (Lipinski definition) is 3. The van der Waals surface area contributed by atoms with Gasteiger partial charge < -0.3 is 14.5 Å². The molecule has 0 bridgehead atoms. The van der Waals surface area contributed by atoms with Gasteiger partial charge in [0.15, 0.2) is 0 Å². The van der Waals surface area contributed by atoms with Gasteiger partial charge in [0.2, 0.25) is 0 Å². The van der Waals surface area contributed by atoms with Gasteiger partial charge in [-0.25, -0.2) is 4.79 Å². The third-order valence-corrected chi connectivity index (χ3v) is 5.49. The fourth-order valence-electron chi connectivity index (χ4n) is 3.96. The molecule has 4 rings (SSSR count). The summed E-state index contributed by atoms with van der Waals surface area (Å²) in [4.78, 5) is 19.1. The first kappa shape index (κ1) is 13.8. The van der Waals surface area contributed by atoms with Crippen molar-refractivity contribution in [1.82, 2.24) is 14.7 Å². The Balaban J connectivity index is 1.29. The van der Waals surface area contributed by atoms with Crippen LogP contribution in [0.25, 0.3) is 0 Å². The van der Waals surface area contributed by atoms with Gasteiger partial charge in [-0.1, -0.05) is 0 Å². The second-order valence-electron chi connectivity index (χ2n) is 7.21. The fourth-order valence-corrected chi connectivity index (χ4v) is 3.96. The van der Waals surface area contributed by atoms with E-state index in [1.165, 1.54) is 25.7 Å². The Hall–Kier alpha value is -0.810. The van der Waals surface area contributed by atoms with Gasteiger partial charge in [0.05, 0.1) is 6.10 Å². The fraction of sp³-hybridized carbons (Fsp3) is 0.938. The molecule has 0 aromatic carbocycles. The quantitative estimate of drug-likeness (QED) is 0.789. The third kappa shape index (κ3) is 3.04. The van der Waals surface area contributed by atoms with E-state index in [9.17, 15) is 4.79 Å². The van der Waals surface area contributed by atoms with Gasteiger partial charge in [-0.05, 0) is 38.0 Å². The molecule has 0 N–H and O–H groups in total. The lowest BCUT2D eigenvalue weighted by atomic mass is 10.1. The summed E-state index contributed by atoms with van der Waals surface area (Å²) in [6, 6.07) is 0.795. The molecule has 4 aliphatic rings. The Morgan fingerprint density at radius 2 is 1.81 bits per heavy atom. The zero-order valence-corrected chi connectivity index (χ0v) is 12.9. The van der Waals surface area contributed by atoms with Crippen molar-refractivity contribution in [3.8, 4) is 0 Å². The number of carbonyl (C=O) groups excluding carboxylic acids is 1. The maximum Gasteiger partial charge on any atom is 0.320 e. The summed E-state index contributed by atoms with van der Waals surface area (Å²) in [6.45, 7) is 6.76. The Bertz CT molecular complexity index is 393. The van der Waals surface area contributed by atoms with Crippen LogP contribution in [0.4, 0.5) is 4.79 Å². The summed E-state index contributed by atoms with van der Waals surface area (Å²) in [5, 5.41) is 0. The van der Waals surface area contributed by atoms with Gasteiger partial charge in [0, 0.05) is 51.9 Å². The van der Waals surface area contributed by atoms with Crippen LogP contribution in [-0.2, 0) is 4.74 Å². The summed E-state index contributed by atoms with van der Waals surface area (Å²) in [6.07, 6.45) is 6.57. The first-order valence-corrected chi connectivity index (χ1v) is 8.69. The van der Waals surface area contributed by atoms with E-state index >= 15 is 0 Å². The predicted molar refractivity (Wildman–Crippen MR) is 80.2 cm³/mol. The van der Waals surface area contributed by atoms with Gasteiger partial charge in [0.1, 0.15) is 0 Å². The van der Waals surface area contributed by atoms with Crippen LogP contribution in [0.2, 0.25) is 0 Å². The van der Waals surface area contributed by atoms with Crippen molar-refractivity contribution in [3.05, 3.63) is 0 Å². The monoisotopic (exact) mass is 293 g/mol. The molecule has 3 heterocycles. The highest BCUT2D eigenvalue weighted by molar-refractivity contribution is 5.75. The smallest absolute Gasteiger partial charge is 0.320 e. The Morgan fingerprint density at radius 3 is 2.57 bits per heavy atom. The van der Waals surface area contributed by atoms with Crippen molar-refractivity contribution < 1.29 is 9.53 Å². The number of likely N-dealkylation sites (tertiary alicyclic amines) is 1. The molecule has 2 atom stereocenters. The second kappa shape index (κ2) is 5.76. The zero-order valence-electron chi connectivity index (χ0n) is 12.9. The first-order valence-electron chi connectivity index (χ1n) is 8.69. The number of urea groups is 1. The predicted octanol–water partition coefficient (Wildman–Crippen LogP) is 1.39. The molecule has 0 aromatic heterocycles. The van der Waals surface area contributed by atoms with Crippen molar-refractivity contribution in [3.63, 3.8) is 0 Å². The van der Waals surface area contributed by atoms with Crippen molar-refractivity contribution in [2.24, 2.45) is 5.92 Å². The van der Waals surface area contributed by atoms with Gasteiger partial charge in [-0.2, -0.15) is 0 Å². The maximum absolute atomic E-state index is 12.5. The number of fused-ring (bicyclic) bond motifs is 1. The molecular weight excluding hydrogens is 266 g/mol. The minimum atomic E-state index is 0.273. The summed E-state index contributed by atoms with van der Waals surface area (Å²) in [5.41, 5.74) is 0. The minimum Gasteiger partial charge on any atom is -0.377 e. The number of carbonyl (C=O) groups is 1. The van der Waals surface area contributed by atoms with E-state index in [0.717, 1.165) is 58.2 Å². The molecule has 4 fully saturated rings. The van der Waals surface area contributed by atoms with E-state index in [1.807, 2.05) is 4.90 Å². The molecule has 0 radical (unpaired) electrons.